The van der Waals surface area contributed by atoms with Gasteiger partial charge in [0.2, 0.25) is 0 Å². The lowest BCUT2D eigenvalue weighted by atomic mass is 9.94. The molecule has 0 amide bonds. The van der Waals surface area contributed by atoms with Crippen LogP contribution >= 0.6 is 0 Å². The molecule has 2 unspecified atom stereocenters. The van der Waals surface area contributed by atoms with Crippen LogP contribution in [0, 0.1) is 5.92 Å². The first kappa shape index (κ1) is 13.8. The summed E-state index contributed by atoms with van der Waals surface area (Å²) in [5.74, 6) is 0.543. The summed E-state index contributed by atoms with van der Waals surface area (Å²) in [6.07, 6.45) is 3.74. The van der Waals surface area contributed by atoms with Crippen molar-refractivity contribution in [1.82, 2.24) is 10.3 Å². The number of hydrogen-bond donors (Lipinski definition) is 1. The molecular formula is C17H22N2. The Labute approximate surface area is 115 Å². The van der Waals surface area contributed by atoms with Crippen molar-refractivity contribution < 1.29 is 0 Å². The molecule has 0 saturated heterocycles. The minimum Gasteiger partial charge on any atom is -0.303 e. The van der Waals surface area contributed by atoms with Crippen molar-refractivity contribution in [3.63, 3.8) is 0 Å². The van der Waals surface area contributed by atoms with Crippen molar-refractivity contribution >= 4 is 0 Å². The highest BCUT2D eigenvalue weighted by molar-refractivity contribution is 5.21. The van der Waals surface area contributed by atoms with E-state index in [1.807, 2.05) is 18.5 Å². The molecule has 0 fully saturated rings. The highest BCUT2D eigenvalue weighted by Gasteiger charge is 2.18. The average Bonchev–Trinajstić information content (AvgIpc) is 2.46. The maximum atomic E-state index is 4.19. The van der Waals surface area contributed by atoms with Gasteiger partial charge in [-0.2, -0.15) is 0 Å². The molecule has 2 atom stereocenters. The van der Waals surface area contributed by atoms with Crippen LogP contribution in [0.5, 0.6) is 0 Å². The van der Waals surface area contributed by atoms with Gasteiger partial charge in [-0.15, -0.1) is 0 Å². The van der Waals surface area contributed by atoms with Crippen molar-refractivity contribution in [3.05, 3.63) is 66.0 Å². The minimum absolute atomic E-state index is 0.293. The molecule has 2 nitrogen and oxygen atoms in total. The van der Waals surface area contributed by atoms with Gasteiger partial charge in [0.05, 0.1) is 0 Å². The van der Waals surface area contributed by atoms with Gasteiger partial charge in [0.15, 0.2) is 0 Å². The third kappa shape index (κ3) is 3.65. The van der Waals surface area contributed by atoms with Gasteiger partial charge in [-0.05, 0) is 30.0 Å². The van der Waals surface area contributed by atoms with Crippen LogP contribution in [0.1, 0.15) is 44.0 Å². The molecule has 0 aliphatic heterocycles. The fraction of sp³-hybridized carbons (Fsp3) is 0.353. The summed E-state index contributed by atoms with van der Waals surface area (Å²) in [7, 11) is 0. The van der Waals surface area contributed by atoms with E-state index >= 15 is 0 Å². The third-order valence-electron chi connectivity index (χ3n) is 3.44. The normalized spacial score (nSPS) is 14.3. The molecule has 100 valence electrons. The molecule has 1 aromatic carbocycles. The summed E-state index contributed by atoms with van der Waals surface area (Å²) in [6.45, 7) is 6.69. The van der Waals surface area contributed by atoms with Gasteiger partial charge in [0.25, 0.3) is 0 Å². The Kier molecular flexibility index (Phi) is 4.69. The molecule has 1 heterocycles. The molecule has 0 aliphatic carbocycles. The largest absolute Gasteiger partial charge is 0.303 e. The van der Waals surface area contributed by atoms with E-state index in [4.69, 9.17) is 0 Å². The van der Waals surface area contributed by atoms with Crippen LogP contribution in [-0.2, 0) is 0 Å². The lowest BCUT2D eigenvalue weighted by molar-refractivity contribution is 0.374. The number of aromatic nitrogens is 1. The number of nitrogens with zero attached hydrogens (tertiary/aromatic N) is 1. The van der Waals surface area contributed by atoms with Crippen LogP contribution in [0.15, 0.2) is 54.9 Å². The standard InChI is InChI=1S/C17H22N2/c1-13(2)17(15-8-5-4-6-9-15)19-14(3)16-10-7-11-18-12-16/h4-14,17,19H,1-3H3. The number of nitrogens with one attached hydrogen (secondary N) is 1. The molecule has 2 rings (SSSR count). The van der Waals surface area contributed by atoms with Crippen molar-refractivity contribution in [3.8, 4) is 0 Å². The summed E-state index contributed by atoms with van der Waals surface area (Å²) in [5, 5.41) is 3.71. The van der Waals surface area contributed by atoms with E-state index < -0.39 is 0 Å². The Balaban J connectivity index is 2.14. The molecule has 1 N–H and O–H groups in total. The first-order valence-electron chi connectivity index (χ1n) is 6.89. The van der Waals surface area contributed by atoms with Gasteiger partial charge in [0, 0.05) is 24.5 Å². The van der Waals surface area contributed by atoms with E-state index in [9.17, 15) is 0 Å². The smallest absolute Gasteiger partial charge is 0.0348 e. The maximum Gasteiger partial charge on any atom is 0.0348 e. The molecule has 0 spiro atoms. The highest BCUT2D eigenvalue weighted by atomic mass is 15.0. The fourth-order valence-corrected chi connectivity index (χ4v) is 2.33. The molecular weight excluding hydrogens is 232 g/mol. The predicted molar refractivity (Wildman–Crippen MR) is 79.8 cm³/mol. The van der Waals surface area contributed by atoms with Crippen LogP contribution in [0.2, 0.25) is 0 Å². The molecule has 0 saturated carbocycles. The lowest BCUT2D eigenvalue weighted by Gasteiger charge is -2.27. The summed E-state index contributed by atoms with van der Waals surface area (Å²) < 4.78 is 0. The Bertz CT molecular complexity index is 479. The molecule has 0 aliphatic rings. The fourth-order valence-electron chi connectivity index (χ4n) is 2.33. The number of benzene rings is 1. The third-order valence-corrected chi connectivity index (χ3v) is 3.44. The molecule has 0 bridgehead atoms. The van der Waals surface area contributed by atoms with Crippen LogP contribution in [0.25, 0.3) is 0 Å². The summed E-state index contributed by atoms with van der Waals surface area (Å²) in [6, 6.07) is 15.4. The van der Waals surface area contributed by atoms with Crippen LogP contribution in [0.4, 0.5) is 0 Å². The second-order valence-corrected chi connectivity index (χ2v) is 5.31. The van der Waals surface area contributed by atoms with E-state index in [1.165, 1.54) is 11.1 Å². The molecule has 0 radical (unpaired) electrons. The molecule has 19 heavy (non-hydrogen) atoms. The summed E-state index contributed by atoms with van der Waals surface area (Å²) >= 11 is 0. The lowest BCUT2D eigenvalue weighted by Crippen LogP contribution is -2.28. The second-order valence-electron chi connectivity index (χ2n) is 5.31. The van der Waals surface area contributed by atoms with Gasteiger partial charge in [-0.3, -0.25) is 4.98 Å². The molecule has 2 aromatic rings. The van der Waals surface area contributed by atoms with Gasteiger partial charge in [-0.1, -0.05) is 50.2 Å². The minimum atomic E-state index is 0.293. The zero-order valence-corrected chi connectivity index (χ0v) is 11.9. The summed E-state index contributed by atoms with van der Waals surface area (Å²) in [4.78, 5) is 4.19. The van der Waals surface area contributed by atoms with Crippen molar-refractivity contribution in [2.45, 2.75) is 32.9 Å². The quantitative estimate of drug-likeness (QED) is 0.867. The number of pyridine rings is 1. The Morgan fingerprint density at radius 2 is 1.58 bits per heavy atom. The van der Waals surface area contributed by atoms with E-state index in [2.05, 4.69) is 67.5 Å². The highest BCUT2D eigenvalue weighted by Crippen LogP contribution is 2.25. The second kappa shape index (κ2) is 6.48. The van der Waals surface area contributed by atoms with Gasteiger partial charge < -0.3 is 5.32 Å². The Morgan fingerprint density at radius 1 is 0.895 bits per heavy atom. The first-order chi connectivity index (χ1) is 9.18. The van der Waals surface area contributed by atoms with E-state index in [0.717, 1.165) is 0 Å². The Morgan fingerprint density at radius 3 is 2.16 bits per heavy atom. The van der Waals surface area contributed by atoms with Crippen LogP contribution in [0.3, 0.4) is 0 Å². The van der Waals surface area contributed by atoms with Crippen molar-refractivity contribution in [1.29, 1.82) is 0 Å². The van der Waals surface area contributed by atoms with E-state index in [1.54, 1.807) is 0 Å². The first-order valence-corrected chi connectivity index (χ1v) is 6.89. The SMILES string of the molecule is CC(NC(c1ccccc1)C(C)C)c1cccnc1. The molecule has 1 aromatic heterocycles. The molecule has 2 heteroatoms. The van der Waals surface area contributed by atoms with Gasteiger partial charge in [-0.25, -0.2) is 0 Å². The van der Waals surface area contributed by atoms with E-state index in [0.29, 0.717) is 18.0 Å². The van der Waals surface area contributed by atoms with Crippen molar-refractivity contribution in [2.75, 3.05) is 0 Å². The Hall–Kier alpha value is -1.67. The monoisotopic (exact) mass is 254 g/mol. The van der Waals surface area contributed by atoms with Gasteiger partial charge in [0.1, 0.15) is 0 Å². The number of rotatable bonds is 5. The number of hydrogen-bond acceptors (Lipinski definition) is 2. The predicted octanol–water partition coefficient (Wildman–Crippen LogP) is 4.13. The van der Waals surface area contributed by atoms with Crippen LogP contribution < -0.4 is 5.32 Å². The van der Waals surface area contributed by atoms with Gasteiger partial charge >= 0.3 is 0 Å². The maximum absolute atomic E-state index is 4.19. The van der Waals surface area contributed by atoms with Crippen LogP contribution in [-0.4, -0.2) is 4.98 Å². The zero-order valence-electron chi connectivity index (χ0n) is 11.9. The summed E-state index contributed by atoms with van der Waals surface area (Å²) in [5.41, 5.74) is 2.57. The average molecular weight is 254 g/mol. The zero-order chi connectivity index (χ0) is 13.7. The van der Waals surface area contributed by atoms with Crippen molar-refractivity contribution in [2.24, 2.45) is 5.92 Å². The topological polar surface area (TPSA) is 24.9 Å². The van der Waals surface area contributed by atoms with E-state index in [-0.39, 0.29) is 0 Å².